The molecule has 0 amide bonds. The molecule has 3 aromatic heterocycles. The molecule has 0 aliphatic rings. The number of rotatable bonds is 5. The Morgan fingerprint density at radius 2 is 0.889 bits per heavy atom. The molecular weight excluding hydrogens is 657 g/mol. The zero-order valence-electron chi connectivity index (χ0n) is 29.1. The van der Waals surface area contributed by atoms with Crippen molar-refractivity contribution >= 4 is 43.6 Å². The Hall–Kier alpha value is -7.66. The predicted molar refractivity (Wildman–Crippen MR) is 222 cm³/mol. The van der Waals surface area contributed by atoms with E-state index in [9.17, 15) is 5.26 Å². The lowest BCUT2D eigenvalue weighted by molar-refractivity contribution is 1.18. The van der Waals surface area contributed by atoms with Crippen LogP contribution < -0.4 is 0 Å². The first kappa shape index (κ1) is 31.1. The van der Waals surface area contributed by atoms with Gasteiger partial charge in [0.25, 0.3) is 0 Å². The van der Waals surface area contributed by atoms with E-state index >= 15 is 0 Å². The van der Waals surface area contributed by atoms with Gasteiger partial charge < -0.3 is 9.13 Å². The van der Waals surface area contributed by atoms with Gasteiger partial charge in [-0.05, 0) is 83.4 Å². The van der Waals surface area contributed by atoms with Gasteiger partial charge in [0.15, 0.2) is 0 Å². The van der Waals surface area contributed by atoms with E-state index in [-0.39, 0.29) is 0 Å². The average molecular weight is 687 g/mol. The first-order valence-corrected chi connectivity index (χ1v) is 17.9. The highest BCUT2D eigenvalue weighted by Crippen LogP contribution is 2.38. The van der Waals surface area contributed by atoms with Gasteiger partial charge in [-0.2, -0.15) is 5.26 Å². The lowest BCUT2D eigenvalue weighted by atomic mass is 9.92. The number of para-hydroxylation sites is 4. The molecule has 3 heterocycles. The number of benzene rings is 7. The Morgan fingerprint density at radius 1 is 0.444 bits per heavy atom. The number of nitrogens with zero attached hydrogens (tertiary/aromatic N) is 4. The molecule has 0 spiro atoms. The quantitative estimate of drug-likeness (QED) is 0.169. The molecule has 4 nitrogen and oxygen atoms in total. The van der Waals surface area contributed by atoms with Crippen molar-refractivity contribution in [3.05, 3.63) is 187 Å². The number of aromatic nitrogens is 3. The minimum absolute atomic E-state index is 0.469. The molecule has 7 aromatic carbocycles. The van der Waals surface area contributed by atoms with E-state index in [1.54, 1.807) is 0 Å². The summed E-state index contributed by atoms with van der Waals surface area (Å²) in [6.07, 6.45) is 7.70. The summed E-state index contributed by atoms with van der Waals surface area (Å²) in [5.74, 6) is 2.65. The fourth-order valence-corrected chi connectivity index (χ4v) is 7.99. The maximum absolute atomic E-state index is 9.99. The maximum atomic E-state index is 9.99. The monoisotopic (exact) mass is 686 g/mol. The lowest BCUT2D eigenvalue weighted by Gasteiger charge is -2.15. The van der Waals surface area contributed by atoms with Gasteiger partial charge in [-0.15, -0.1) is 6.42 Å². The summed E-state index contributed by atoms with van der Waals surface area (Å²) in [4.78, 5) is 5.02. The Bertz CT molecular complexity index is 3060. The smallest absolute Gasteiger partial charge is 0.100 e. The van der Waals surface area contributed by atoms with Gasteiger partial charge in [-0.1, -0.05) is 109 Å². The zero-order chi connectivity index (χ0) is 36.2. The Labute approximate surface area is 312 Å². The van der Waals surface area contributed by atoms with Crippen LogP contribution in [-0.4, -0.2) is 14.1 Å². The second-order valence-electron chi connectivity index (χ2n) is 13.5. The fraction of sp³-hybridized carbons (Fsp3) is 0. The van der Waals surface area contributed by atoms with Gasteiger partial charge in [-0.25, -0.2) is 0 Å². The molecule has 0 atom stereocenters. The highest BCUT2D eigenvalue weighted by molar-refractivity contribution is 6.10. The zero-order valence-corrected chi connectivity index (χ0v) is 29.1. The molecule has 0 radical (unpaired) electrons. The number of hydrogen-bond donors (Lipinski definition) is 0. The van der Waals surface area contributed by atoms with Gasteiger partial charge in [0.05, 0.1) is 33.3 Å². The third kappa shape index (κ3) is 4.90. The van der Waals surface area contributed by atoms with E-state index in [0.717, 1.165) is 44.9 Å². The molecule has 250 valence electrons. The number of hydrogen-bond acceptors (Lipinski definition) is 2. The number of pyridine rings is 1. The average Bonchev–Trinajstić information content (AvgIpc) is 3.76. The van der Waals surface area contributed by atoms with E-state index in [1.165, 1.54) is 43.6 Å². The topological polar surface area (TPSA) is 46.5 Å². The summed E-state index contributed by atoms with van der Waals surface area (Å²) in [5.41, 5.74) is 13.6. The predicted octanol–water partition coefficient (Wildman–Crippen LogP) is 12.1. The molecular formula is C50H30N4. The third-order valence-corrected chi connectivity index (χ3v) is 10.5. The van der Waals surface area contributed by atoms with Crippen LogP contribution in [0.3, 0.4) is 0 Å². The summed E-state index contributed by atoms with van der Waals surface area (Å²) in [6.45, 7) is 0. The minimum atomic E-state index is 0.469. The van der Waals surface area contributed by atoms with Crippen molar-refractivity contribution < 1.29 is 0 Å². The maximum Gasteiger partial charge on any atom is 0.100 e. The molecule has 0 saturated carbocycles. The Balaban J connectivity index is 1.08. The normalized spacial score (nSPS) is 11.3. The molecule has 0 aliphatic carbocycles. The molecule has 0 unspecified atom stereocenters. The summed E-state index contributed by atoms with van der Waals surface area (Å²) in [5, 5.41) is 14.9. The van der Waals surface area contributed by atoms with Crippen LogP contribution in [0, 0.1) is 23.7 Å². The van der Waals surface area contributed by atoms with Gasteiger partial charge in [0, 0.05) is 55.8 Å². The summed E-state index contributed by atoms with van der Waals surface area (Å²) < 4.78 is 4.63. The molecule has 10 rings (SSSR count). The molecule has 54 heavy (non-hydrogen) atoms. The highest BCUT2D eigenvalue weighted by atomic mass is 15.0. The van der Waals surface area contributed by atoms with Crippen molar-refractivity contribution in [3.63, 3.8) is 0 Å². The molecule has 0 bridgehead atoms. The molecule has 0 aliphatic heterocycles. The van der Waals surface area contributed by atoms with Crippen LogP contribution in [0.25, 0.3) is 88.5 Å². The van der Waals surface area contributed by atoms with E-state index in [4.69, 9.17) is 11.4 Å². The minimum Gasteiger partial charge on any atom is -0.309 e. The summed E-state index contributed by atoms with van der Waals surface area (Å²) in [7, 11) is 0. The van der Waals surface area contributed by atoms with E-state index < -0.39 is 0 Å². The molecule has 0 N–H and O–H groups in total. The molecule has 4 heteroatoms. The van der Waals surface area contributed by atoms with E-state index in [0.29, 0.717) is 11.1 Å². The van der Waals surface area contributed by atoms with E-state index in [1.807, 2.05) is 24.4 Å². The SMILES string of the molecule is C#Cc1ccc(-c2cc(-c3ccc(-n4c5ccccc5c5ccccc54)cc3)ncc2-c2ccc(-n3c4ccccc4c4ccccc43)cc2)cc1C#N. The second kappa shape index (κ2) is 12.5. The summed E-state index contributed by atoms with van der Waals surface area (Å²) in [6, 6.07) is 61.5. The highest BCUT2D eigenvalue weighted by Gasteiger charge is 2.16. The molecule has 10 aromatic rings. The third-order valence-electron chi connectivity index (χ3n) is 10.5. The first-order chi connectivity index (χ1) is 26.7. The van der Waals surface area contributed by atoms with Crippen molar-refractivity contribution in [1.29, 1.82) is 5.26 Å². The van der Waals surface area contributed by atoms with Gasteiger partial charge in [0.2, 0.25) is 0 Å². The second-order valence-corrected chi connectivity index (χ2v) is 13.5. The van der Waals surface area contributed by atoms with Gasteiger partial charge >= 0.3 is 0 Å². The largest absolute Gasteiger partial charge is 0.309 e. The van der Waals surface area contributed by atoms with Crippen LogP contribution in [-0.2, 0) is 0 Å². The van der Waals surface area contributed by atoms with Gasteiger partial charge in [0.1, 0.15) is 6.07 Å². The van der Waals surface area contributed by atoms with Gasteiger partial charge in [-0.3, -0.25) is 4.98 Å². The van der Waals surface area contributed by atoms with Crippen LogP contribution in [0.1, 0.15) is 11.1 Å². The summed E-state index contributed by atoms with van der Waals surface area (Å²) >= 11 is 0. The van der Waals surface area contributed by atoms with Crippen molar-refractivity contribution in [3.8, 4) is 63.3 Å². The van der Waals surface area contributed by atoms with Crippen LogP contribution in [0.2, 0.25) is 0 Å². The lowest BCUT2D eigenvalue weighted by Crippen LogP contribution is -1.96. The van der Waals surface area contributed by atoms with Crippen molar-refractivity contribution in [1.82, 2.24) is 14.1 Å². The number of terminal acetylenes is 1. The van der Waals surface area contributed by atoms with Crippen molar-refractivity contribution in [2.24, 2.45) is 0 Å². The standard InChI is InChI=1S/C50H30N4/c1-2-33-19-20-36(29-37(33)31-51)44-30-46(35-23-27-39(28-24-35)54-49-17-9-5-13-42(49)43-14-6-10-18-50(43)54)52-32-45(44)34-21-25-38(26-22-34)53-47-15-7-3-11-40(47)41-12-4-8-16-48(41)53/h1,3-30,32H. The molecule has 0 fully saturated rings. The van der Waals surface area contributed by atoms with Crippen LogP contribution in [0.5, 0.6) is 0 Å². The first-order valence-electron chi connectivity index (χ1n) is 17.9. The number of nitriles is 1. The Kier molecular flexibility index (Phi) is 7.22. The van der Waals surface area contributed by atoms with E-state index in [2.05, 4.69) is 173 Å². The van der Waals surface area contributed by atoms with Crippen molar-refractivity contribution in [2.75, 3.05) is 0 Å². The van der Waals surface area contributed by atoms with Crippen LogP contribution >= 0.6 is 0 Å². The van der Waals surface area contributed by atoms with Crippen LogP contribution in [0.4, 0.5) is 0 Å². The van der Waals surface area contributed by atoms with Crippen LogP contribution in [0.15, 0.2) is 176 Å². The number of fused-ring (bicyclic) bond motifs is 6. The Morgan fingerprint density at radius 3 is 1.35 bits per heavy atom. The fourth-order valence-electron chi connectivity index (χ4n) is 7.99. The van der Waals surface area contributed by atoms with Crippen molar-refractivity contribution in [2.45, 2.75) is 0 Å². The molecule has 0 saturated heterocycles.